The summed E-state index contributed by atoms with van der Waals surface area (Å²) in [4.78, 5) is 12.5. The third-order valence-electron chi connectivity index (χ3n) is 6.03. The summed E-state index contributed by atoms with van der Waals surface area (Å²) in [5, 5.41) is 20.6. The minimum atomic E-state index is -0.0260. The zero-order valence-corrected chi connectivity index (χ0v) is 22.4. The molecule has 3 aromatic carbocycles. The highest BCUT2D eigenvalue weighted by atomic mass is 32.2. The van der Waals surface area contributed by atoms with Gasteiger partial charge in [-0.05, 0) is 54.8 Å². The number of anilines is 1. The van der Waals surface area contributed by atoms with E-state index in [0.29, 0.717) is 43.0 Å². The first-order valence-corrected chi connectivity index (χ1v) is 13.4. The van der Waals surface area contributed by atoms with Crippen molar-refractivity contribution in [2.75, 3.05) is 12.8 Å². The molecule has 0 aliphatic heterocycles. The molecule has 4 rings (SSSR count). The van der Waals surface area contributed by atoms with Gasteiger partial charge in [0.2, 0.25) is 5.91 Å². The number of thioether (sulfide) groups is 1. The van der Waals surface area contributed by atoms with Crippen molar-refractivity contribution in [3.63, 3.8) is 0 Å². The second kappa shape index (κ2) is 12.9. The maximum atomic E-state index is 12.5. The number of nitrogens with zero attached hydrogens (tertiary/aromatic N) is 3. The number of nitrogens with one attached hydrogen (secondary N) is 2. The molecule has 1 amide bonds. The van der Waals surface area contributed by atoms with E-state index in [1.54, 1.807) is 25.8 Å². The number of rotatable bonds is 12. The lowest BCUT2D eigenvalue weighted by Gasteiger charge is -2.12. The molecule has 9 heteroatoms. The standard InChI is InChI=1S/C29H32N6O2S/c1-20(30)22-10-5-8-21(16-22)19-38-29-34-33-27(35(29)25-12-6-11-24(31)17-25)14-7-15-28(36)32-18-23-9-3-4-13-26(23)37-2/h3-6,8-13,16-17,30H,7,14-15,18-19,31H2,1-2H3,(H,32,36). The number of nitrogen functional groups attached to an aromatic ring is 1. The molecule has 4 N–H and O–H groups in total. The minimum absolute atomic E-state index is 0.0260. The van der Waals surface area contributed by atoms with E-state index in [-0.39, 0.29) is 5.91 Å². The van der Waals surface area contributed by atoms with Gasteiger partial charge >= 0.3 is 0 Å². The van der Waals surface area contributed by atoms with Crippen molar-refractivity contribution in [3.05, 3.63) is 95.3 Å². The van der Waals surface area contributed by atoms with Crippen LogP contribution in [0.15, 0.2) is 78.0 Å². The number of aryl methyl sites for hydroxylation is 1. The Morgan fingerprint density at radius 1 is 1.08 bits per heavy atom. The number of ether oxygens (including phenoxy) is 1. The molecule has 0 fully saturated rings. The predicted octanol–water partition coefficient (Wildman–Crippen LogP) is 5.18. The van der Waals surface area contributed by atoms with E-state index in [1.165, 1.54) is 0 Å². The maximum absolute atomic E-state index is 12.5. The molecule has 8 nitrogen and oxygen atoms in total. The SMILES string of the molecule is COc1ccccc1CNC(=O)CCCc1nnc(SCc2cccc(C(C)=N)c2)n1-c1cccc(N)c1. The molecule has 0 spiro atoms. The number of para-hydroxylation sites is 1. The van der Waals surface area contributed by atoms with Crippen molar-refractivity contribution in [2.45, 2.75) is 43.6 Å². The van der Waals surface area contributed by atoms with Gasteiger partial charge in [-0.3, -0.25) is 9.36 Å². The van der Waals surface area contributed by atoms with Crippen LogP contribution in [0.3, 0.4) is 0 Å². The van der Waals surface area contributed by atoms with Crippen LogP contribution in [0.2, 0.25) is 0 Å². The second-order valence-electron chi connectivity index (χ2n) is 8.89. The van der Waals surface area contributed by atoms with Gasteiger partial charge in [-0.2, -0.15) is 0 Å². The fraction of sp³-hybridized carbons (Fsp3) is 0.241. The molecule has 1 aromatic heterocycles. The van der Waals surface area contributed by atoms with E-state index >= 15 is 0 Å². The van der Waals surface area contributed by atoms with Gasteiger partial charge in [0.05, 0.1) is 12.8 Å². The number of aromatic nitrogens is 3. The smallest absolute Gasteiger partial charge is 0.220 e. The van der Waals surface area contributed by atoms with Crippen LogP contribution in [0.25, 0.3) is 5.69 Å². The Kier molecular flexibility index (Phi) is 9.16. The van der Waals surface area contributed by atoms with Gasteiger partial charge in [-0.25, -0.2) is 0 Å². The predicted molar refractivity (Wildman–Crippen MR) is 152 cm³/mol. The zero-order chi connectivity index (χ0) is 26.9. The van der Waals surface area contributed by atoms with Gasteiger partial charge in [0.1, 0.15) is 11.6 Å². The third-order valence-corrected chi connectivity index (χ3v) is 7.03. The lowest BCUT2D eigenvalue weighted by atomic mass is 10.1. The van der Waals surface area contributed by atoms with Crippen LogP contribution in [0.5, 0.6) is 5.75 Å². The Balaban J connectivity index is 1.42. The summed E-state index contributed by atoms with van der Waals surface area (Å²) in [6.45, 7) is 2.20. The van der Waals surface area contributed by atoms with Gasteiger partial charge < -0.3 is 21.2 Å². The Bertz CT molecular complexity index is 1420. The zero-order valence-electron chi connectivity index (χ0n) is 21.6. The van der Waals surface area contributed by atoms with E-state index < -0.39 is 0 Å². The summed E-state index contributed by atoms with van der Waals surface area (Å²) in [5.74, 6) is 2.20. The van der Waals surface area contributed by atoms with Crippen molar-refractivity contribution >= 4 is 29.1 Å². The van der Waals surface area contributed by atoms with E-state index in [2.05, 4.69) is 15.5 Å². The number of nitrogens with two attached hydrogens (primary N) is 1. The molecule has 196 valence electrons. The molecule has 0 saturated heterocycles. The van der Waals surface area contributed by atoms with Crippen molar-refractivity contribution in [3.8, 4) is 11.4 Å². The monoisotopic (exact) mass is 528 g/mol. The number of benzene rings is 3. The van der Waals surface area contributed by atoms with Crippen LogP contribution >= 0.6 is 11.8 Å². The Morgan fingerprint density at radius 3 is 2.68 bits per heavy atom. The van der Waals surface area contributed by atoms with Crippen molar-refractivity contribution in [2.24, 2.45) is 0 Å². The average molecular weight is 529 g/mol. The van der Waals surface area contributed by atoms with E-state index in [4.69, 9.17) is 15.9 Å². The first kappa shape index (κ1) is 26.9. The molecule has 0 saturated carbocycles. The second-order valence-corrected chi connectivity index (χ2v) is 9.83. The first-order chi connectivity index (χ1) is 18.4. The quantitative estimate of drug-likeness (QED) is 0.132. The first-order valence-electron chi connectivity index (χ1n) is 12.4. The van der Waals surface area contributed by atoms with Crippen LogP contribution in [0.4, 0.5) is 5.69 Å². The van der Waals surface area contributed by atoms with Gasteiger partial charge in [0, 0.05) is 42.1 Å². The molecular weight excluding hydrogens is 496 g/mol. The van der Waals surface area contributed by atoms with Gasteiger partial charge in [0.25, 0.3) is 0 Å². The van der Waals surface area contributed by atoms with E-state index in [9.17, 15) is 4.79 Å². The van der Waals surface area contributed by atoms with Crippen LogP contribution < -0.4 is 15.8 Å². The van der Waals surface area contributed by atoms with Crippen molar-refractivity contribution in [1.29, 1.82) is 5.41 Å². The Morgan fingerprint density at radius 2 is 1.89 bits per heavy atom. The maximum Gasteiger partial charge on any atom is 0.220 e. The van der Waals surface area contributed by atoms with E-state index in [0.717, 1.165) is 39.1 Å². The lowest BCUT2D eigenvalue weighted by molar-refractivity contribution is -0.121. The minimum Gasteiger partial charge on any atom is -0.496 e. The van der Waals surface area contributed by atoms with Gasteiger partial charge in [0.15, 0.2) is 5.16 Å². The van der Waals surface area contributed by atoms with Crippen LogP contribution in [0, 0.1) is 5.41 Å². The summed E-state index contributed by atoms with van der Waals surface area (Å²) >= 11 is 1.58. The highest BCUT2D eigenvalue weighted by molar-refractivity contribution is 7.98. The molecule has 1 heterocycles. The van der Waals surface area contributed by atoms with Crippen molar-refractivity contribution in [1.82, 2.24) is 20.1 Å². The van der Waals surface area contributed by atoms with Crippen LogP contribution in [-0.4, -0.2) is 33.5 Å². The normalized spacial score (nSPS) is 10.8. The lowest BCUT2D eigenvalue weighted by Crippen LogP contribution is -2.23. The number of methoxy groups -OCH3 is 1. The fourth-order valence-corrected chi connectivity index (χ4v) is 4.97. The number of carbonyl (C=O) groups excluding carboxylic acids is 1. The molecular formula is C29H32N6O2S. The third kappa shape index (κ3) is 7.01. The fourth-order valence-electron chi connectivity index (χ4n) is 4.06. The number of carbonyl (C=O) groups is 1. The summed E-state index contributed by atoms with van der Waals surface area (Å²) in [7, 11) is 1.62. The summed E-state index contributed by atoms with van der Waals surface area (Å²) in [5.41, 5.74) is 11.1. The average Bonchev–Trinajstić information content (AvgIpc) is 3.33. The Hall–Kier alpha value is -4.11. The Labute approximate surface area is 227 Å². The molecule has 0 aliphatic carbocycles. The largest absolute Gasteiger partial charge is 0.496 e. The highest BCUT2D eigenvalue weighted by Gasteiger charge is 2.16. The number of amides is 1. The number of hydrogen-bond acceptors (Lipinski definition) is 7. The number of hydrogen-bond donors (Lipinski definition) is 3. The van der Waals surface area contributed by atoms with Crippen LogP contribution in [0.1, 0.15) is 42.3 Å². The topological polar surface area (TPSA) is 119 Å². The molecule has 0 bridgehead atoms. The summed E-state index contributed by atoms with van der Waals surface area (Å²) < 4.78 is 7.37. The van der Waals surface area contributed by atoms with Crippen LogP contribution in [-0.2, 0) is 23.5 Å². The molecule has 0 unspecified atom stereocenters. The molecule has 4 aromatic rings. The van der Waals surface area contributed by atoms with Gasteiger partial charge in [-0.1, -0.05) is 54.2 Å². The molecule has 0 atom stereocenters. The molecule has 0 radical (unpaired) electrons. The summed E-state index contributed by atoms with van der Waals surface area (Å²) in [6.07, 6.45) is 1.59. The van der Waals surface area contributed by atoms with Gasteiger partial charge in [-0.15, -0.1) is 10.2 Å². The van der Waals surface area contributed by atoms with E-state index in [1.807, 2.05) is 77.4 Å². The molecule has 0 aliphatic rings. The summed E-state index contributed by atoms with van der Waals surface area (Å²) in [6, 6.07) is 23.3. The highest BCUT2D eigenvalue weighted by Crippen LogP contribution is 2.27. The van der Waals surface area contributed by atoms with Crippen molar-refractivity contribution < 1.29 is 9.53 Å². The molecule has 38 heavy (non-hydrogen) atoms.